The van der Waals surface area contributed by atoms with E-state index in [2.05, 4.69) is 9.97 Å². The first-order valence-electron chi connectivity index (χ1n) is 9.28. The Kier molecular flexibility index (Phi) is 5.53. The highest BCUT2D eigenvalue weighted by molar-refractivity contribution is 6.30. The Bertz CT molecular complexity index is 940. The number of ether oxygens (including phenoxy) is 1. The zero-order valence-electron chi connectivity index (χ0n) is 15.3. The third-order valence-electron chi connectivity index (χ3n) is 4.80. The fourth-order valence-electron chi connectivity index (χ4n) is 3.29. The second-order valence-electron chi connectivity index (χ2n) is 6.72. The summed E-state index contributed by atoms with van der Waals surface area (Å²) in [5, 5.41) is 0.687. The summed E-state index contributed by atoms with van der Waals surface area (Å²) in [6.45, 7) is 1.28. The van der Waals surface area contributed by atoms with Crippen molar-refractivity contribution in [3.63, 3.8) is 0 Å². The predicted molar refractivity (Wildman–Crippen MR) is 108 cm³/mol. The number of halogens is 1. The number of aromatic nitrogens is 2. The molecule has 1 saturated heterocycles. The Hall–Kier alpha value is -2.92. The predicted octanol–water partition coefficient (Wildman–Crippen LogP) is 4.48. The maximum absolute atomic E-state index is 12.9. The summed E-state index contributed by atoms with van der Waals surface area (Å²) in [5.41, 5.74) is 2.14. The van der Waals surface area contributed by atoms with Crippen LogP contribution in [-0.4, -0.2) is 40.0 Å². The van der Waals surface area contributed by atoms with Gasteiger partial charge in [0.15, 0.2) is 0 Å². The molecular formula is C22H20ClN3O2. The molecule has 0 spiro atoms. The van der Waals surface area contributed by atoms with Crippen LogP contribution in [0.15, 0.2) is 67.0 Å². The van der Waals surface area contributed by atoms with Gasteiger partial charge in [-0.25, -0.2) is 9.97 Å². The molecule has 1 aliphatic rings. The molecule has 0 saturated carbocycles. The molecule has 28 heavy (non-hydrogen) atoms. The fraction of sp³-hybridized carbons (Fsp3) is 0.227. The quantitative estimate of drug-likeness (QED) is 0.655. The molecule has 1 aromatic heterocycles. The van der Waals surface area contributed by atoms with E-state index in [4.69, 9.17) is 16.3 Å². The third-order valence-corrected chi connectivity index (χ3v) is 5.05. The van der Waals surface area contributed by atoms with Gasteiger partial charge in [0.1, 0.15) is 23.9 Å². The molecule has 0 N–H and O–H groups in total. The van der Waals surface area contributed by atoms with Gasteiger partial charge in [0.05, 0.1) is 5.69 Å². The molecule has 5 nitrogen and oxygen atoms in total. The van der Waals surface area contributed by atoms with Crippen LogP contribution in [0.2, 0.25) is 5.02 Å². The number of hydrogen-bond donors (Lipinski definition) is 0. The molecule has 0 unspecified atom stereocenters. The van der Waals surface area contributed by atoms with Crippen molar-refractivity contribution < 1.29 is 9.53 Å². The molecule has 0 radical (unpaired) electrons. The maximum Gasteiger partial charge on any atom is 0.272 e. The van der Waals surface area contributed by atoms with Gasteiger partial charge in [-0.3, -0.25) is 4.79 Å². The highest BCUT2D eigenvalue weighted by Crippen LogP contribution is 2.22. The molecule has 1 aliphatic heterocycles. The van der Waals surface area contributed by atoms with Crippen LogP contribution >= 0.6 is 11.6 Å². The van der Waals surface area contributed by atoms with E-state index in [1.54, 1.807) is 6.07 Å². The molecule has 0 atom stereocenters. The van der Waals surface area contributed by atoms with E-state index >= 15 is 0 Å². The monoisotopic (exact) mass is 393 g/mol. The zero-order chi connectivity index (χ0) is 19.3. The lowest BCUT2D eigenvalue weighted by atomic mass is 10.1. The Morgan fingerprint density at radius 2 is 1.71 bits per heavy atom. The summed E-state index contributed by atoms with van der Waals surface area (Å²) in [7, 11) is 0. The van der Waals surface area contributed by atoms with E-state index in [9.17, 15) is 4.79 Å². The normalized spacial score (nSPS) is 14.7. The van der Waals surface area contributed by atoms with Crippen LogP contribution in [0, 0.1) is 0 Å². The van der Waals surface area contributed by atoms with Crippen LogP contribution in [0.1, 0.15) is 23.3 Å². The van der Waals surface area contributed by atoms with Crippen molar-refractivity contribution in [2.45, 2.75) is 18.9 Å². The van der Waals surface area contributed by atoms with Gasteiger partial charge in [0.2, 0.25) is 0 Å². The summed E-state index contributed by atoms with van der Waals surface area (Å²) in [6, 6.07) is 18.9. The number of amides is 1. The Morgan fingerprint density at radius 3 is 2.43 bits per heavy atom. The molecule has 1 fully saturated rings. The van der Waals surface area contributed by atoms with E-state index in [0.717, 1.165) is 29.8 Å². The lowest BCUT2D eigenvalue weighted by Gasteiger charge is -2.32. The number of likely N-dealkylation sites (tertiary alicyclic amines) is 1. The summed E-state index contributed by atoms with van der Waals surface area (Å²) in [4.78, 5) is 23.2. The topological polar surface area (TPSA) is 55.3 Å². The van der Waals surface area contributed by atoms with Crippen LogP contribution in [0.25, 0.3) is 11.3 Å². The summed E-state index contributed by atoms with van der Waals surface area (Å²) in [6.07, 6.45) is 3.11. The van der Waals surface area contributed by atoms with Crippen molar-refractivity contribution in [1.82, 2.24) is 14.9 Å². The average Bonchev–Trinajstić information content (AvgIpc) is 2.76. The highest BCUT2D eigenvalue weighted by Gasteiger charge is 2.25. The lowest BCUT2D eigenvalue weighted by Crippen LogP contribution is -2.42. The minimum atomic E-state index is -0.0653. The molecule has 1 amide bonds. The number of rotatable bonds is 4. The first-order chi connectivity index (χ1) is 13.7. The molecule has 2 heterocycles. The van der Waals surface area contributed by atoms with Gasteiger partial charge in [-0.2, -0.15) is 0 Å². The number of carbonyl (C=O) groups is 1. The van der Waals surface area contributed by atoms with Crippen molar-refractivity contribution in [3.8, 4) is 17.0 Å². The van der Waals surface area contributed by atoms with Crippen molar-refractivity contribution >= 4 is 17.5 Å². The molecule has 3 aromatic rings. The second-order valence-corrected chi connectivity index (χ2v) is 7.15. The van der Waals surface area contributed by atoms with Gasteiger partial charge in [-0.05, 0) is 30.3 Å². The Labute approximate surface area is 169 Å². The van der Waals surface area contributed by atoms with Gasteiger partial charge < -0.3 is 9.64 Å². The maximum atomic E-state index is 12.9. The molecular weight excluding hydrogens is 374 g/mol. The molecule has 0 bridgehead atoms. The molecule has 142 valence electrons. The smallest absolute Gasteiger partial charge is 0.272 e. The lowest BCUT2D eigenvalue weighted by molar-refractivity contribution is 0.0590. The first kappa shape index (κ1) is 18.4. The van der Waals surface area contributed by atoms with Crippen LogP contribution in [0.5, 0.6) is 5.75 Å². The Morgan fingerprint density at radius 1 is 1.00 bits per heavy atom. The molecule has 4 rings (SSSR count). The number of piperidine rings is 1. The molecule has 6 heteroatoms. The van der Waals surface area contributed by atoms with Crippen LogP contribution < -0.4 is 4.74 Å². The van der Waals surface area contributed by atoms with E-state index in [1.165, 1.54) is 6.33 Å². The van der Waals surface area contributed by atoms with Crippen molar-refractivity contribution in [1.29, 1.82) is 0 Å². The Balaban J connectivity index is 1.38. The first-order valence-corrected chi connectivity index (χ1v) is 9.66. The minimum Gasteiger partial charge on any atom is -0.490 e. The van der Waals surface area contributed by atoms with Crippen molar-refractivity contribution in [3.05, 3.63) is 77.7 Å². The standard InChI is InChI=1S/C22H20ClN3O2/c23-17-6-8-18(9-7-17)28-19-10-12-26(13-11-19)22(27)21-14-20(24-15-25-21)16-4-2-1-3-5-16/h1-9,14-15,19H,10-13H2. The average molecular weight is 394 g/mol. The molecule has 2 aromatic carbocycles. The van der Waals surface area contributed by atoms with Gasteiger partial charge in [0.25, 0.3) is 5.91 Å². The van der Waals surface area contributed by atoms with Crippen LogP contribution in [0.3, 0.4) is 0 Å². The number of hydrogen-bond acceptors (Lipinski definition) is 4. The van der Waals surface area contributed by atoms with E-state index in [-0.39, 0.29) is 12.0 Å². The molecule has 0 aliphatic carbocycles. The van der Waals surface area contributed by atoms with E-state index < -0.39 is 0 Å². The summed E-state index contributed by atoms with van der Waals surface area (Å²) < 4.78 is 6.00. The van der Waals surface area contributed by atoms with E-state index in [0.29, 0.717) is 23.8 Å². The largest absolute Gasteiger partial charge is 0.490 e. The van der Waals surface area contributed by atoms with Gasteiger partial charge in [0, 0.05) is 36.5 Å². The third kappa shape index (κ3) is 4.31. The van der Waals surface area contributed by atoms with Gasteiger partial charge in [-0.1, -0.05) is 41.9 Å². The fourth-order valence-corrected chi connectivity index (χ4v) is 3.41. The number of nitrogens with zero attached hydrogens (tertiary/aromatic N) is 3. The van der Waals surface area contributed by atoms with Gasteiger partial charge >= 0.3 is 0 Å². The van der Waals surface area contributed by atoms with Crippen LogP contribution in [-0.2, 0) is 0 Å². The van der Waals surface area contributed by atoms with Crippen LogP contribution in [0.4, 0.5) is 0 Å². The number of carbonyl (C=O) groups excluding carboxylic acids is 1. The SMILES string of the molecule is O=C(c1cc(-c2ccccc2)ncn1)N1CCC(Oc2ccc(Cl)cc2)CC1. The van der Waals surface area contributed by atoms with Crippen molar-refractivity contribution in [2.24, 2.45) is 0 Å². The van der Waals surface area contributed by atoms with Gasteiger partial charge in [-0.15, -0.1) is 0 Å². The number of benzene rings is 2. The summed E-state index contributed by atoms with van der Waals surface area (Å²) >= 11 is 5.91. The zero-order valence-corrected chi connectivity index (χ0v) is 16.0. The van der Waals surface area contributed by atoms with E-state index in [1.807, 2.05) is 59.5 Å². The minimum absolute atomic E-state index is 0.0653. The highest BCUT2D eigenvalue weighted by atomic mass is 35.5. The second kappa shape index (κ2) is 8.40. The summed E-state index contributed by atoms with van der Waals surface area (Å²) in [5.74, 6) is 0.738. The van der Waals surface area contributed by atoms with Crippen molar-refractivity contribution in [2.75, 3.05) is 13.1 Å².